The lowest BCUT2D eigenvalue weighted by atomic mass is 10.1. The summed E-state index contributed by atoms with van der Waals surface area (Å²) in [6.45, 7) is 5.56. The Kier molecular flexibility index (Phi) is 6.82. The van der Waals surface area contributed by atoms with E-state index in [1.54, 1.807) is 0 Å². The highest BCUT2D eigenvalue weighted by atomic mass is 32.2. The molecule has 1 rings (SSSR count). The summed E-state index contributed by atoms with van der Waals surface area (Å²) >= 11 is 1.50. The molecule has 6 heteroatoms. The number of carbonyl (C=O) groups excluding carboxylic acids is 2. The molecule has 2 atom stereocenters. The summed E-state index contributed by atoms with van der Waals surface area (Å²) in [5.74, 6) is 0.649. The van der Waals surface area contributed by atoms with Gasteiger partial charge in [-0.05, 0) is 33.6 Å². The van der Waals surface area contributed by atoms with Crippen LogP contribution >= 0.6 is 11.8 Å². The minimum Gasteiger partial charge on any atom is -0.468 e. The SMILES string of the molecule is COC(=O)CSC[C@@H]1CC[C@H](CC(=O)OC(C)(C)C)O1. The predicted octanol–water partition coefficient (Wildman–Crippen LogP) is 2.17. The summed E-state index contributed by atoms with van der Waals surface area (Å²) in [5, 5.41) is 0. The predicted molar refractivity (Wildman–Crippen MR) is 77.7 cm³/mol. The van der Waals surface area contributed by atoms with Gasteiger partial charge in [-0.15, -0.1) is 11.8 Å². The highest BCUT2D eigenvalue weighted by Gasteiger charge is 2.29. The number of methoxy groups -OCH3 is 1. The third-order valence-electron chi connectivity index (χ3n) is 2.76. The lowest BCUT2D eigenvalue weighted by Crippen LogP contribution is -2.26. The van der Waals surface area contributed by atoms with Crippen LogP contribution in [0.5, 0.6) is 0 Å². The molecular weight excluding hydrogens is 280 g/mol. The molecule has 0 saturated carbocycles. The molecule has 0 aliphatic carbocycles. The van der Waals surface area contributed by atoms with Crippen LogP contribution in [0.15, 0.2) is 0 Å². The zero-order chi connectivity index (χ0) is 15.2. The maximum Gasteiger partial charge on any atom is 0.315 e. The van der Waals surface area contributed by atoms with Crippen LogP contribution < -0.4 is 0 Å². The molecule has 0 N–H and O–H groups in total. The number of ether oxygens (including phenoxy) is 3. The molecule has 116 valence electrons. The van der Waals surface area contributed by atoms with Gasteiger partial charge in [0.1, 0.15) is 5.60 Å². The Morgan fingerprint density at radius 3 is 2.45 bits per heavy atom. The van der Waals surface area contributed by atoms with Crippen LogP contribution in [0.2, 0.25) is 0 Å². The van der Waals surface area contributed by atoms with Crippen molar-refractivity contribution in [1.29, 1.82) is 0 Å². The molecule has 0 aromatic heterocycles. The third-order valence-corrected chi connectivity index (χ3v) is 3.81. The van der Waals surface area contributed by atoms with Gasteiger partial charge in [0.05, 0.1) is 31.5 Å². The summed E-state index contributed by atoms with van der Waals surface area (Å²) < 4.78 is 15.6. The Morgan fingerprint density at radius 2 is 1.85 bits per heavy atom. The molecular formula is C14H24O5S. The summed E-state index contributed by atoms with van der Waals surface area (Å²) in [7, 11) is 1.38. The largest absolute Gasteiger partial charge is 0.468 e. The lowest BCUT2D eigenvalue weighted by molar-refractivity contribution is -0.157. The van der Waals surface area contributed by atoms with Crippen molar-refractivity contribution >= 4 is 23.7 Å². The van der Waals surface area contributed by atoms with E-state index in [0.717, 1.165) is 18.6 Å². The fourth-order valence-corrected chi connectivity index (χ4v) is 2.87. The van der Waals surface area contributed by atoms with Crippen molar-refractivity contribution < 1.29 is 23.8 Å². The first-order valence-corrected chi connectivity index (χ1v) is 7.97. The summed E-state index contributed by atoms with van der Waals surface area (Å²) in [5.41, 5.74) is -0.453. The first kappa shape index (κ1) is 17.3. The number of rotatable bonds is 6. The maximum absolute atomic E-state index is 11.7. The molecule has 1 saturated heterocycles. The fraction of sp³-hybridized carbons (Fsp3) is 0.857. The van der Waals surface area contributed by atoms with Crippen molar-refractivity contribution in [2.24, 2.45) is 0 Å². The van der Waals surface area contributed by atoms with E-state index in [1.165, 1.54) is 18.9 Å². The number of esters is 2. The van der Waals surface area contributed by atoms with Gasteiger partial charge in [-0.3, -0.25) is 9.59 Å². The van der Waals surface area contributed by atoms with Crippen molar-refractivity contribution in [3.8, 4) is 0 Å². The van der Waals surface area contributed by atoms with E-state index in [4.69, 9.17) is 9.47 Å². The zero-order valence-electron chi connectivity index (χ0n) is 12.6. The van der Waals surface area contributed by atoms with Crippen LogP contribution in [0, 0.1) is 0 Å². The minimum absolute atomic E-state index is 0.0615. The Morgan fingerprint density at radius 1 is 1.20 bits per heavy atom. The minimum atomic E-state index is -0.453. The summed E-state index contributed by atoms with van der Waals surface area (Å²) in [6, 6.07) is 0. The average Bonchev–Trinajstić information content (AvgIpc) is 2.73. The summed E-state index contributed by atoms with van der Waals surface area (Å²) in [4.78, 5) is 22.7. The van der Waals surface area contributed by atoms with E-state index in [0.29, 0.717) is 12.2 Å². The van der Waals surface area contributed by atoms with E-state index < -0.39 is 5.60 Å². The highest BCUT2D eigenvalue weighted by Crippen LogP contribution is 2.25. The van der Waals surface area contributed by atoms with Gasteiger partial charge in [-0.25, -0.2) is 0 Å². The van der Waals surface area contributed by atoms with Crippen LogP contribution in [-0.4, -0.2) is 48.4 Å². The second kappa shape index (κ2) is 7.88. The lowest BCUT2D eigenvalue weighted by Gasteiger charge is -2.21. The Hall–Kier alpha value is -0.750. The van der Waals surface area contributed by atoms with Gasteiger partial charge in [-0.2, -0.15) is 0 Å². The fourth-order valence-electron chi connectivity index (χ4n) is 1.95. The van der Waals surface area contributed by atoms with Crippen molar-refractivity contribution in [3.63, 3.8) is 0 Å². The zero-order valence-corrected chi connectivity index (χ0v) is 13.5. The van der Waals surface area contributed by atoms with Gasteiger partial charge in [0, 0.05) is 5.75 Å². The maximum atomic E-state index is 11.7. The Labute approximate surface area is 124 Å². The quantitative estimate of drug-likeness (QED) is 0.701. The molecule has 0 aromatic rings. The topological polar surface area (TPSA) is 61.8 Å². The Balaban J connectivity index is 2.20. The van der Waals surface area contributed by atoms with Crippen LogP contribution in [0.25, 0.3) is 0 Å². The number of hydrogen-bond donors (Lipinski definition) is 0. The van der Waals surface area contributed by atoms with E-state index in [1.807, 2.05) is 20.8 Å². The third kappa shape index (κ3) is 7.14. The normalized spacial score (nSPS) is 22.6. The van der Waals surface area contributed by atoms with Crippen molar-refractivity contribution in [1.82, 2.24) is 0 Å². The smallest absolute Gasteiger partial charge is 0.315 e. The summed E-state index contributed by atoms with van der Waals surface area (Å²) in [6.07, 6.45) is 2.13. The number of hydrogen-bond acceptors (Lipinski definition) is 6. The van der Waals surface area contributed by atoms with Gasteiger partial charge in [-0.1, -0.05) is 0 Å². The molecule has 1 aliphatic rings. The molecule has 20 heavy (non-hydrogen) atoms. The molecule has 1 fully saturated rings. The van der Waals surface area contributed by atoms with Gasteiger partial charge < -0.3 is 14.2 Å². The molecule has 1 heterocycles. The van der Waals surface area contributed by atoms with Gasteiger partial charge >= 0.3 is 11.9 Å². The molecule has 0 aromatic carbocycles. The molecule has 0 bridgehead atoms. The van der Waals surface area contributed by atoms with Crippen molar-refractivity contribution in [2.45, 2.75) is 57.8 Å². The average molecular weight is 304 g/mol. The highest BCUT2D eigenvalue weighted by molar-refractivity contribution is 7.99. The van der Waals surface area contributed by atoms with Gasteiger partial charge in [0.15, 0.2) is 0 Å². The number of thioether (sulfide) groups is 1. The Bertz CT molecular complexity index is 337. The van der Waals surface area contributed by atoms with E-state index in [2.05, 4.69) is 4.74 Å². The van der Waals surface area contributed by atoms with Gasteiger partial charge in [0.25, 0.3) is 0 Å². The molecule has 0 spiro atoms. The van der Waals surface area contributed by atoms with E-state index in [-0.39, 0.29) is 24.1 Å². The molecule has 0 radical (unpaired) electrons. The van der Waals surface area contributed by atoms with Crippen LogP contribution in [0.3, 0.4) is 0 Å². The molecule has 5 nitrogen and oxygen atoms in total. The monoisotopic (exact) mass is 304 g/mol. The molecule has 1 aliphatic heterocycles. The van der Waals surface area contributed by atoms with E-state index in [9.17, 15) is 9.59 Å². The standard InChI is InChI=1S/C14H24O5S/c1-14(2,3)19-12(15)7-10-5-6-11(18-10)8-20-9-13(16)17-4/h10-11H,5-9H2,1-4H3/t10-,11+/m1/s1. The van der Waals surface area contributed by atoms with Crippen LogP contribution in [0.1, 0.15) is 40.0 Å². The molecule has 0 unspecified atom stereocenters. The van der Waals surface area contributed by atoms with E-state index >= 15 is 0 Å². The number of carbonyl (C=O) groups is 2. The second-order valence-electron chi connectivity index (χ2n) is 5.84. The second-order valence-corrected chi connectivity index (χ2v) is 6.87. The van der Waals surface area contributed by atoms with Crippen LogP contribution in [-0.2, 0) is 23.8 Å². The first-order chi connectivity index (χ1) is 9.30. The van der Waals surface area contributed by atoms with Gasteiger partial charge in [0.2, 0.25) is 0 Å². The van der Waals surface area contributed by atoms with Crippen molar-refractivity contribution in [3.05, 3.63) is 0 Å². The van der Waals surface area contributed by atoms with Crippen LogP contribution in [0.4, 0.5) is 0 Å². The van der Waals surface area contributed by atoms with Crippen molar-refractivity contribution in [2.75, 3.05) is 18.6 Å². The first-order valence-electron chi connectivity index (χ1n) is 6.82. The molecule has 0 amide bonds.